The highest BCUT2D eigenvalue weighted by molar-refractivity contribution is 6.31. The van der Waals surface area contributed by atoms with E-state index in [0.29, 0.717) is 27.3 Å². The van der Waals surface area contributed by atoms with Crippen LogP contribution in [-0.4, -0.2) is 15.9 Å². The highest BCUT2D eigenvalue weighted by Gasteiger charge is 2.43. The Kier molecular flexibility index (Phi) is 3.96. The Balaban J connectivity index is 1.77. The van der Waals surface area contributed by atoms with Gasteiger partial charge in [0.25, 0.3) is 5.91 Å². The molecule has 0 fully saturated rings. The van der Waals surface area contributed by atoms with Crippen LogP contribution in [0.2, 0.25) is 5.02 Å². The number of carbonyl (C=O) groups is 1. The summed E-state index contributed by atoms with van der Waals surface area (Å²) in [4.78, 5) is 28.1. The van der Waals surface area contributed by atoms with E-state index in [1.807, 2.05) is 0 Å². The molecule has 0 spiro atoms. The first-order chi connectivity index (χ1) is 14.0. The molecule has 29 heavy (non-hydrogen) atoms. The zero-order valence-corrected chi connectivity index (χ0v) is 15.7. The van der Waals surface area contributed by atoms with E-state index in [1.54, 1.807) is 36.4 Å². The number of furan rings is 1. The van der Waals surface area contributed by atoms with Gasteiger partial charge in [0.15, 0.2) is 5.43 Å². The standard InChI is InChI=1S/C22H14ClNO5/c23-13-6-7-17-16(10-13)20(26)18-19(12-3-1-4-14(25)9-12)24(22(27)21(18)29-17)11-15-5-2-8-28-15/h1-10,19,25H,11H2/t19-/m1/s1. The molecule has 0 unspecified atom stereocenters. The Morgan fingerprint density at radius 1 is 1.07 bits per heavy atom. The zero-order valence-electron chi connectivity index (χ0n) is 15.0. The Morgan fingerprint density at radius 3 is 2.69 bits per heavy atom. The molecule has 1 aliphatic heterocycles. The molecule has 4 aromatic rings. The maximum atomic E-state index is 13.4. The normalized spacial score (nSPS) is 15.8. The Labute approximate surface area is 169 Å². The number of nitrogens with zero attached hydrogens (tertiary/aromatic N) is 1. The lowest BCUT2D eigenvalue weighted by Crippen LogP contribution is -2.29. The molecule has 0 radical (unpaired) electrons. The van der Waals surface area contributed by atoms with Crippen molar-refractivity contribution in [3.05, 3.63) is 98.8 Å². The van der Waals surface area contributed by atoms with Crippen LogP contribution in [0, 0.1) is 0 Å². The van der Waals surface area contributed by atoms with Crippen molar-refractivity contribution in [3.8, 4) is 5.75 Å². The second-order valence-electron chi connectivity index (χ2n) is 6.82. The number of hydrogen-bond donors (Lipinski definition) is 1. The molecule has 0 saturated heterocycles. The van der Waals surface area contributed by atoms with Crippen LogP contribution in [0.1, 0.15) is 33.5 Å². The van der Waals surface area contributed by atoms with Crippen molar-refractivity contribution in [1.82, 2.24) is 4.90 Å². The van der Waals surface area contributed by atoms with Crippen LogP contribution in [0.4, 0.5) is 0 Å². The molecule has 3 heterocycles. The van der Waals surface area contributed by atoms with Gasteiger partial charge in [0, 0.05) is 5.02 Å². The predicted molar refractivity (Wildman–Crippen MR) is 106 cm³/mol. The SMILES string of the molecule is O=C1c2oc3ccc(Cl)cc3c(=O)c2[C@@H](c2cccc(O)c2)N1Cc1ccco1. The number of amides is 1. The first-order valence-electron chi connectivity index (χ1n) is 8.91. The molecule has 2 aromatic heterocycles. The topological polar surface area (TPSA) is 83.9 Å². The van der Waals surface area contributed by atoms with E-state index in [2.05, 4.69) is 0 Å². The predicted octanol–water partition coefficient (Wildman–Crippen LogP) is 4.49. The highest BCUT2D eigenvalue weighted by atomic mass is 35.5. The smallest absolute Gasteiger partial charge is 0.291 e. The fraction of sp³-hybridized carbons (Fsp3) is 0.0909. The van der Waals surface area contributed by atoms with Gasteiger partial charge in [-0.05, 0) is 48.0 Å². The van der Waals surface area contributed by atoms with Crippen LogP contribution in [0.3, 0.4) is 0 Å². The number of hydrogen-bond acceptors (Lipinski definition) is 5. The van der Waals surface area contributed by atoms with Gasteiger partial charge in [-0.15, -0.1) is 0 Å². The molecule has 1 aliphatic rings. The molecular weight excluding hydrogens is 394 g/mol. The number of halogens is 1. The number of phenols is 1. The third kappa shape index (κ3) is 2.80. The zero-order chi connectivity index (χ0) is 20.1. The molecule has 7 heteroatoms. The summed E-state index contributed by atoms with van der Waals surface area (Å²) in [5.74, 6) is 0.175. The molecule has 0 bridgehead atoms. The summed E-state index contributed by atoms with van der Waals surface area (Å²) in [6, 6.07) is 13.9. The lowest BCUT2D eigenvalue weighted by Gasteiger charge is -2.24. The summed E-state index contributed by atoms with van der Waals surface area (Å²) in [5.41, 5.74) is 0.785. The van der Waals surface area contributed by atoms with Crippen molar-refractivity contribution < 1.29 is 18.7 Å². The summed E-state index contributed by atoms with van der Waals surface area (Å²) >= 11 is 6.06. The van der Waals surface area contributed by atoms with Gasteiger partial charge < -0.3 is 18.8 Å². The number of aromatic hydroxyl groups is 1. The van der Waals surface area contributed by atoms with Gasteiger partial charge in [-0.25, -0.2) is 0 Å². The highest BCUT2D eigenvalue weighted by Crippen LogP contribution is 2.40. The molecule has 5 rings (SSSR count). The van der Waals surface area contributed by atoms with Gasteiger partial charge in [0.05, 0.1) is 29.8 Å². The average Bonchev–Trinajstić information content (AvgIpc) is 3.31. The third-order valence-electron chi connectivity index (χ3n) is 5.02. The molecule has 2 aromatic carbocycles. The number of carbonyl (C=O) groups excluding carboxylic acids is 1. The van der Waals surface area contributed by atoms with Crippen LogP contribution in [0.25, 0.3) is 11.0 Å². The van der Waals surface area contributed by atoms with Crippen molar-refractivity contribution in [1.29, 1.82) is 0 Å². The Hall–Kier alpha value is -3.51. The van der Waals surface area contributed by atoms with E-state index in [4.69, 9.17) is 20.4 Å². The van der Waals surface area contributed by atoms with Crippen LogP contribution < -0.4 is 5.43 Å². The number of rotatable bonds is 3. The molecule has 0 aliphatic carbocycles. The lowest BCUT2D eigenvalue weighted by atomic mass is 9.98. The molecule has 1 amide bonds. The largest absolute Gasteiger partial charge is 0.508 e. The van der Waals surface area contributed by atoms with Crippen molar-refractivity contribution >= 4 is 28.5 Å². The molecule has 0 saturated carbocycles. The first-order valence-corrected chi connectivity index (χ1v) is 9.29. The van der Waals surface area contributed by atoms with E-state index < -0.39 is 11.9 Å². The lowest BCUT2D eigenvalue weighted by molar-refractivity contribution is 0.0701. The van der Waals surface area contributed by atoms with E-state index in [0.717, 1.165) is 0 Å². The fourth-order valence-electron chi connectivity index (χ4n) is 3.77. The van der Waals surface area contributed by atoms with Crippen LogP contribution >= 0.6 is 11.6 Å². The van der Waals surface area contributed by atoms with Gasteiger partial charge in [0.2, 0.25) is 5.76 Å². The van der Waals surface area contributed by atoms with Gasteiger partial charge in [-0.2, -0.15) is 0 Å². The van der Waals surface area contributed by atoms with Crippen LogP contribution in [-0.2, 0) is 6.54 Å². The van der Waals surface area contributed by atoms with Crippen LogP contribution in [0.15, 0.2) is 74.5 Å². The van der Waals surface area contributed by atoms with E-state index >= 15 is 0 Å². The number of fused-ring (bicyclic) bond motifs is 2. The molecule has 1 N–H and O–H groups in total. The van der Waals surface area contributed by atoms with Crippen LogP contribution in [0.5, 0.6) is 5.75 Å². The van der Waals surface area contributed by atoms with Gasteiger partial charge in [0.1, 0.15) is 17.1 Å². The van der Waals surface area contributed by atoms with Crippen molar-refractivity contribution in [2.75, 3.05) is 0 Å². The monoisotopic (exact) mass is 407 g/mol. The maximum absolute atomic E-state index is 13.4. The number of benzene rings is 2. The minimum atomic E-state index is -0.727. The Bertz CT molecular complexity index is 1310. The van der Waals surface area contributed by atoms with Gasteiger partial charge >= 0.3 is 0 Å². The summed E-state index contributed by atoms with van der Waals surface area (Å²) in [5, 5.41) is 10.7. The summed E-state index contributed by atoms with van der Waals surface area (Å²) in [6.45, 7) is 0.146. The molecule has 1 atom stereocenters. The first kappa shape index (κ1) is 17.6. The summed E-state index contributed by atoms with van der Waals surface area (Å²) in [7, 11) is 0. The molecular formula is C22H14ClNO5. The summed E-state index contributed by atoms with van der Waals surface area (Å²) in [6.07, 6.45) is 1.52. The molecule has 144 valence electrons. The Morgan fingerprint density at radius 2 is 1.93 bits per heavy atom. The van der Waals surface area contributed by atoms with E-state index in [9.17, 15) is 14.7 Å². The number of phenolic OH excluding ortho intramolecular Hbond substituents is 1. The van der Waals surface area contributed by atoms with E-state index in [1.165, 1.54) is 29.4 Å². The summed E-state index contributed by atoms with van der Waals surface area (Å²) < 4.78 is 11.2. The van der Waals surface area contributed by atoms with Crippen molar-refractivity contribution in [2.24, 2.45) is 0 Å². The second kappa shape index (κ2) is 6.53. The fourth-order valence-corrected chi connectivity index (χ4v) is 3.94. The van der Waals surface area contributed by atoms with Gasteiger partial charge in [-0.3, -0.25) is 9.59 Å². The van der Waals surface area contributed by atoms with Crippen molar-refractivity contribution in [3.63, 3.8) is 0 Å². The minimum Gasteiger partial charge on any atom is -0.508 e. The average molecular weight is 408 g/mol. The van der Waals surface area contributed by atoms with E-state index in [-0.39, 0.29) is 29.0 Å². The second-order valence-corrected chi connectivity index (χ2v) is 7.26. The quantitative estimate of drug-likeness (QED) is 0.541. The minimum absolute atomic E-state index is 0.00952. The molecule has 6 nitrogen and oxygen atoms in total. The maximum Gasteiger partial charge on any atom is 0.291 e. The third-order valence-corrected chi connectivity index (χ3v) is 5.26. The van der Waals surface area contributed by atoms with Crippen molar-refractivity contribution in [2.45, 2.75) is 12.6 Å². The van der Waals surface area contributed by atoms with Gasteiger partial charge in [-0.1, -0.05) is 23.7 Å².